The van der Waals surface area contributed by atoms with Gasteiger partial charge in [0.2, 0.25) is 5.91 Å². The number of piperazine rings is 1. The zero-order valence-corrected chi connectivity index (χ0v) is 24.4. The monoisotopic (exact) mass is 531 g/mol. The Hall–Kier alpha value is -3.88. The van der Waals surface area contributed by atoms with Gasteiger partial charge in [0.25, 0.3) is 0 Å². The fourth-order valence-electron chi connectivity index (χ4n) is 4.56. The lowest BCUT2D eigenvalue weighted by Crippen LogP contribution is -2.52. The number of carbonyl (C=O) groups excluding carboxylic acids is 2. The van der Waals surface area contributed by atoms with Crippen molar-refractivity contribution in [3.8, 4) is 5.69 Å². The second-order valence-electron chi connectivity index (χ2n) is 12.4. The van der Waals surface area contributed by atoms with Crippen LogP contribution in [0.2, 0.25) is 0 Å². The molecule has 9 nitrogen and oxygen atoms in total. The first kappa shape index (κ1) is 28.1. The maximum Gasteiger partial charge on any atom is 0.324 e. The number of carbonyl (C=O) groups is 2. The Kier molecular flexibility index (Phi) is 7.73. The Labute approximate surface area is 231 Å². The van der Waals surface area contributed by atoms with Crippen molar-refractivity contribution in [2.24, 2.45) is 5.41 Å². The number of pyridine rings is 1. The average molecular weight is 532 g/mol. The smallest absolute Gasteiger partial charge is 0.324 e. The highest BCUT2D eigenvalue weighted by molar-refractivity contribution is 5.99. The van der Waals surface area contributed by atoms with E-state index in [1.807, 2.05) is 75.9 Å². The molecule has 0 atom stereocenters. The molecular weight excluding hydrogens is 490 g/mol. The van der Waals surface area contributed by atoms with Crippen LogP contribution in [0.3, 0.4) is 0 Å². The lowest BCUT2D eigenvalue weighted by molar-refractivity contribution is -0.139. The lowest BCUT2D eigenvalue weighted by Gasteiger charge is -2.38. The summed E-state index contributed by atoms with van der Waals surface area (Å²) in [6.45, 7) is 19.0. The Bertz CT molecular complexity index is 1340. The summed E-state index contributed by atoms with van der Waals surface area (Å²) in [4.78, 5) is 34.4. The summed E-state index contributed by atoms with van der Waals surface area (Å²) in [5.74, 6) is 1.64. The number of benzene rings is 1. The molecule has 3 aromatic rings. The SMILES string of the molecule is Cc1ccc(-n2nc(C(C)(C)C)cc2NC(=O)Nc2cnc(N3CCN(C(=O)C(C)(C)C)CC3)c(C)c2)cc1. The zero-order chi connectivity index (χ0) is 28.5. The number of nitrogens with zero attached hydrogens (tertiary/aromatic N) is 5. The fraction of sp³-hybridized carbons (Fsp3) is 0.467. The van der Waals surface area contributed by atoms with Crippen LogP contribution in [0.4, 0.5) is 22.1 Å². The molecule has 0 aliphatic carbocycles. The Morgan fingerprint density at radius 1 is 0.872 bits per heavy atom. The molecule has 39 heavy (non-hydrogen) atoms. The van der Waals surface area contributed by atoms with Gasteiger partial charge in [0.1, 0.15) is 11.6 Å². The first-order valence-corrected chi connectivity index (χ1v) is 13.5. The van der Waals surface area contributed by atoms with Gasteiger partial charge in [-0.05, 0) is 37.6 Å². The normalized spacial score (nSPS) is 14.4. The minimum absolute atomic E-state index is 0.175. The standard InChI is InChI=1S/C30H41N7O2/c1-20-9-11-23(12-10-20)37-25(18-24(34-37)29(3,4)5)33-28(39)32-22-17-21(2)26(31-19-22)35-13-15-36(16-14-35)27(38)30(6,7)8/h9-12,17-19H,13-16H2,1-8H3,(H2,32,33,39). The van der Waals surface area contributed by atoms with Gasteiger partial charge in [-0.1, -0.05) is 59.2 Å². The second-order valence-corrected chi connectivity index (χ2v) is 12.4. The van der Waals surface area contributed by atoms with E-state index in [0.717, 1.165) is 41.4 Å². The number of aryl methyl sites for hydroxylation is 2. The Morgan fingerprint density at radius 2 is 1.51 bits per heavy atom. The molecule has 9 heteroatoms. The van der Waals surface area contributed by atoms with Crippen molar-refractivity contribution in [2.75, 3.05) is 41.7 Å². The van der Waals surface area contributed by atoms with Crippen molar-refractivity contribution >= 4 is 29.3 Å². The van der Waals surface area contributed by atoms with Gasteiger partial charge in [-0.3, -0.25) is 10.1 Å². The number of amides is 3. The van der Waals surface area contributed by atoms with Crippen molar-refractivity contribution in [3.63, 3.8) is 0 Å². The first-order valence-electron chi connectivity index (χ1n) is 13.5. The summed E-state index contributed by atoms with van der Waals surface area (Å²) in [5.41, 5.74) is 3.92. The van der Waals surface area contributed by atoms with Gasteiger partial charge in [-0.15, -0.1) is 0 Å². The molecule has 1 aromatic carbocycles. The molecule has 1 aliphatic heterocycles. The van der Waals surface area contributed by atoms with Crippen molar-refractivity contribution in [1.29, 1.82) is 0 Å². The third-order valence-electron chi connectivity index (χ3n) is 6.81. The summed E-state index contributed by atoms with van der Waals surface area (Å²) >= 11 is 0. The molecule has 0 radical (unpaired) electrons. The van der Waals surface area contributed by atoms with Crippen molar-refractivity contribution in [2.45, 2.75) is 60.8 Å². The number of hydrogen-bond acceptors (Lipinski definition) is 5. The van der Waals surface area contributed by atoms with Crippen molar-refractivity contribution in [3.05, 3.63) is 59.4 Å². The van der Waals surface area contributed by atoms with Crippen LogP contribution in [0.15, 0.2) is 42.6 Å². The minimum Gasteiger partial charge on any atom is -0.353 e. The van der Waals surface area contributed by atoms with Gasteiger partial charge in [0.05, 0.1) is 23.3 Å². The van der Waals surface area contributed by atoms with E-state index in [1.165, 1.54) is 0 Å². The van der Waals surface area contributed by atoms with E-state index in [9.17, 15) is 9.59 Å². The van der Waals surface area contributed by atoms with E-state index in [2.05, 4.69) is 41.3 Å². The lowest BCUT2D eigenvalue weighted by atomic mass is 9.92. The fourth-order valence-corrected chi connectivity index (χ4v) is 4.56. The maximum atomic E-state index is 13.0. The Balaban J connectivity index is 1.44. The predicted molar refractivity (Wildman–Crippen MR) is 157 cm³/mol. The van der Waals surface area contributed by atoms with Crippen LogP contribution in [0.25, 0.3) is 5.69 Å². The van der Waals surface area contributed by atoms with Gasteiger partial charge in [-0.2, -0.15) is 5.10 Å². The van der Waals surface area contributed by atoms with E-state index < -0.39 is 0 Å². The summed E-state index contributed by atoms with van der Waals surface area (Å²) in [6.07, 6.45) is 1.67. The molecule has 0 spiro atoms. The summed E-state index contributed by atoms with van der Waals surface area (Å²) in [6, 6.07) is 11.5. The molecule has 208 valence electrons. The molecule has 3 heterocycles. The van der Waals surface area contributed by atoms with Crippen LogP contribution in [0.5, 0.6) is 0 Å². The second kappa shape index (κ2) is 10.7. The van der Waals surface area contributed by atoms with Crippen LogP contribution >= 0.6 is 0 Å². The number of nitrogens with one attached hydrogen (secondary N) is 2. The van der Waals surface area contributed by atoms with Gasteiger partial charge in [0, 0.05) is 43.1 Å². The van der Waals surface area contributed by atoms with Crippen LogP contribution < -0.4 is 15.5 Å². The summed E-state index contributed by atoms with van der Waals surface area (Å²) in [5, 5.41) is 10.7. The number of anilines is 3. The molecule has 1 saturated heterocycles. The summed E-state index contributed by atoms with van der Waals surface area (Å²) < 4.78 is 1.76. The molecule has 3 amide bonds. The predicted octanol–water partition coefficient (Wildman–Crippen LogP) is 5.52. The largest absolute Gasteiger partial charge is 0.353 e. The van der Waals surface area contributed by atoms with Crippen LogP contribution in [0.1, 0.15) is 58.4 Å². The number of rotatable bonds is 4. The maximum absolute atomic E-state index is 13.0. The molecular formula is C30H41N7O2. The van der Waals surface area contributed by atoms with Gasteiger partial charge in [-0.25, -0.2) is 14.5 Å². The van der Waals surface area contributed by atoms with E-state index in [0.29, 0.717) is 24.6 Å². The van der Waals surface area contributed by atoms with E-state index in [1.54, 1.807) is 10.9 Å². The molecule has 0 unspecified atom stereocenters. The number of aromatic nitrogens is 3. The van der Waals surface area contributed by atoms with E-state index >= 15 is 0 Å². The van der Waals surface area contributed by atoms with Crippen LogP contribution in [-0.2, 0) is 10.2 Å². The third kappa shape index (κ3) is 6.58. The van der Waals surface area contributed by atoms with E-state index in [4.69, 9.17) is 5.10 Å². The molecule has 0 bridgehead atoms. The molecule has 0 saturated carbocycles. The molecule has 2 N–H and O–H groups in total. The molecule has 2 aromatic heterocycles. The van der Waals surface area contributed by atoms with Crippen LogP contribution in [0, 0.1) is 19.3 Å². The van der Waals surface area contributed by atoms with Crippen molar-refractivity contribution < 1.29 is 9.59 Å². The highest BCUT2D eigenvalue weighted by Crippen LogP contribution is 2.27. The van der Waals surface area contributed by atoms with Gasteiger partial charge >= 0.3 is 6.03 Å². The summed E-state index contributed by atoms with van der Waals surface area (Å²) in [7, 11) is 0. The molecule has 1 fully saturated rings. The van der Waals surface area contributed by atoms with Crippen molar-refractivity contribution in [1.82, 2.24) is 19.7 Å². The topological polar surface area (TPSA) is 95.4 Å². The molecule has 4 rings (SSSR count). The Morgan fingerprint density at radius 3 is 2.08 bits per heavy atom. The minimum atomic E-state index is -0.379. The van der Waals surface area contributed by atoms with E-state index in [-0.39, 0.29) is 22.8 Å². The first-order chi connectivity index (χ1) is 18.2. The molecule has 1 aliphatic rings. The highest BCUT2D eigenvalue weighted by atomic mass is 16.2. The van der Waals surface area contributed by atoms with Crippen LogP contribution in [-0.4, -0.2) is 57.8 Å². The number of urea groups is 1. The third-order valence-corrected chi connectivity index (χ3v) is 6.81. The zero-order valence-electron chi connectivity index (χ0n) is 24.4. The number of hydrogen-bond donors (Lipinski definition) is 2. The van der Waals surface area contributed by atoms with Gasteiger partial charge < -0.3 is 15.1 Å². The average Bonchev–Trinajstić information content (AvgIpc) is 3.28. The quantitative estimate of drug-likeness (QED) is 0.462. The van der Waals surface area contributed by atoms with Gasteiger partial charge in [0.15, 0.2) is 0 Å². The highest BCUT2D eigenvalue weighted by Gasteiger charge is 2.30.